The summed E-state index contributed by atoms with van der Waals surface area (Å²) in [4.78, 5) is 12.1. The fourth-order valence-corrected chi connectivity index (χ4v) is 1.81. The molecule has 3 nitrogen and oxygen atoms in total. The Morgan fingerprint density at radius 3 is 2.41 bits per heavy atom. The number of rotatable bonds is 2. The van der Waals surface area contributed by atoms with Crippen molar-refractivity contribution >= 4 is 11.6 Å². The van der Waals surface area contributed by atoms with Gasteiger partial charge in [-0.3, -0.25) is 4.79 Å². The number of carbonyl (C=O) groups is 1. The zero-order valence-corrected chi connectivity index (χ0v) is 10.2. The number of furan rings is 1. The van der Waals surface area contributed by atoms with Crippen molar-refractivity contribution in [3.63, 3.8) is 0 Å². The third-order valence-electron chi connectivity index (χ3n) is 2.78. The molecular weight excluding hydrogens is 214 g/mol. The average molecular weight is 229 g/mol. The molecule has 1 aromatic heterocycles. The lowest BCUT2D eigenvalue weighted by Crippen LogP contribution is -2.14. The van der Waals surface area contributed by atoms with E-state index in [9.17, 15) is 4.79 Å². The Morgan fingerprint density at radius 2 is 1.82 bits per heavy atom. The Kier molecular flexibility index (Phi) is 3.00. The summed E-state index contributed by atoms with van der Waals surface area (Å²) in [5.74, 6) is 0.525. The lowest BCUT2D eigenvalue weighted by Gasteiger charge is -2.07. The standard InChI is InChI=1S/C14H15NO2/c1-9-6-4-5-7-12(9)15-14(16)13-10(2)8-17-11(13)3/h4-8H,1-3H3,(H,15,16). The Hall–Kier alpha value is -2.03. The lowest BCUT2D eigenvalue weighted by atomic mass is 10.1. The SMILES string of the molecule is Cc1ccccc1NC(=O)c1c(C)coc1C. The van der Waals surface area contributed by atoms with E-state index in [0.717, 1.165) is 16.8 Å². The van der Waals surface area contributed by atoms with E-state index >= 15 is 0 Å². The van der Waals surface area contributed by atoms with Gasteiger partial charge in [-0.1, -0.05) is 18.2 Å². The molecule has 0 saturated heterocycles. The second-order valence-corrected chi connectivity index (χ2v) is 4.12. The van der Waals surface area contributed by atoms with Crippen LogP contribution in [0.15, 0.2) is 34.9 Å². The molecule has 0 spiro atoms. The van der Waals surface area contributed by atoms with E-state index in [0.29, 0.717) is 11.3 Å². The highest BCUT2D eigenvalue weighted by Crippen LogP contribution is 2.19. The number of carbonyl (C=O) groups excluding carboxylic acids is 1. The highest BCUT2D eigenvalue weighted by atomic mass is 16.3. The number of nitrogens with one attached hydrogen (secondary N) is 1. The molecule has 2 aromatic rings. The molecule has 1 amide bonds. The smallest absolute Gasteiger partial charge is 0.259 e. The van der Waals surface area contributed by atoms with Crippen LogP contribution in [0.3, 0.4) is 0 Å². The van der Waals surface area contributed by atoms with Gasteiger partial charge < -0.3 is 9.73 Å². The minimum absolute atomic E-state index is 0.122. The maximum Gasteiger partial charge on any atom is 0.259 e. The number of aryl methyl sites for hydroxylation is 3. The number of amides is 1. The number of hydrogen-bond donors (Lipinski definition) is 1. The van der Waals surface area contributed by atoms with Gasteiger partial charge in [-0.25, -0.2) is 0 Å². The third-order valence-corrected chi connectivity index (χ3v) is 2.78. The van der Waals surface area contributed by atoms with E-state index in [-0.39, 0.29) is 5.91 Å². The first-order valence-corrected chi connectivity index (χ1v) is 5.51. The van der Waals surface area contributed by atoms with Crippen molar-refractivity contribution in [3.8, 4) is 0 Å². The van der Waals surface area contributed by atoms with Crippen LogP contribution in [-0.2, 0) is 0 Å². The maximum absolute atomic E-state index is 12.1. The maximum atomic E-state index is 12.1. The molecule has 88 valence electrons. The number of para-hydroxylation sites is 1. The zero-order chi connectivity index (χ0) is 12.4. The first-order valence-electron chi connectivity index (χ1n) is 5.51. The largest absolute Gasteiger partial charge is 0.469 e. The van der Waals surface area contributed by atoms with Crippen LogP contribution in [0, 0.1) is 20.8 Å². The van der Waals surface area contributed by atoms with Crippen molar-refractivity contribution in [2.24, 2.45) is 0 Å². The first kappa shape index (κ1) is 11.5. The third kappa shape index (κ3) is 2.23. The van der Waals surface area contributed by atoms with Crippen molar-refractivity contribution in [1.29, 1.82) is 0 Å². The summed E-state index contributed by atoms with van der Waals surface area (Å²) in [5, 5.41) is 2.90. The van der Waals surface area contributed by atoms with Crippen LogP contribution in [0.5, 0.6) is 0 Å². The number of anilines is 1. The molecule has 0 saturated carbocycles. The van der Waals surface area contributed by atoms with E-state index in [1.165, 1.54) is 0 Å². The van der Waals surface area contributed by atoms with Crippen molar-refractivity contribution < 1.29 is 9.21 Å². The molecule has 0 aliphatic heterocycles. The van der Waals surface area contributed by atoms with Gasteiger partial charge in [0.25, 0.3) is 5.91 Å². The van der Waals surface area contributed by atoms with Gasteiger partial charge in [-0.2, -0.15) is 0 Å². The van der Waals surface area contributed by atoms with Crippen LogP contribution in [0.25, 0.3) is 0 Å². The second-order valence-electron chi connectivity index (χ2n) is 4.12. The molecule has 0 radical (unpaired) electrons. The molecule has 0 atom stereocenters. The number of hydrogen-bond acceptors (Lipinski definition) is 2. The van der Waals surface area contributed by atoms with Crippen LogP contribution < -0.4 is 5.32 Å². The molecule has 0 unspecified atom stereocenters. The van der Waals surface area contributed by atoms with E-state index < -0.39 is 0 Å². The molecule has 1 aromatic carbocycles. The summed E-state index contributed by atoms with van der Waals surface area (Å²) >= 11 is 0. The highest BCUT2D eigenvalue weighted by Gasteiger charge is 2.15. The minimum atomic E-state index is -0.122. The molecule has 1 heterocycles. The molecule has 1 N–H and O–H groups in total. The predicted octanol–water partition coefficient (Wildman–Crippen LogP) is 3.46. The Labute approximate surface area is 100 Å². The van der Waals surface area contributed by atoms with Gasteiger partial charge in [-0.05, 0) is 32.4 Å². The Bertz CT molecular complexity index is 536. The predicted molar refractivity (Wildman–Crippen MR) is 67.3 cm³/mol. The highest BCUT2D eigenvalue weighted by molar-refractivity contribution is 6.06. The summed E-state index contributed by atoms with van der Waals surface area (Å²) in [6.07, 6.45) is 1.60. The van der Waals surface area contributed by atoms with E-state index in [1.807, 2.05) is 38.1 Å². The van der Waals surface area contributed by atoms with Crippen LogP contribution in [0.4, 0.5) is 5.69 Å². The van der Waals surface area contributed by atoms with Gasteiger partial charge in [0.15, 0.2) is 0 Å². The van der Waals surface area contributed by atoms with Gasteiger partial charge in [-0.15, -0.1) is 0 Å². The van der Waals surface area contributed by atoms with Gasteiger partial charge >= 0.3 is 0 Å². The molecule has 17 heavy (non-hydrogen) atoms. The molecule has 0 fully saturated rings. The quantitative estimate of drug-likeness (QED) is 0.856. The Balaban J connectivity index is 2.27. The summed E-state index contributed by atoms with van der Waals surface area (Å²) in [5.41, 5.74) is 3.35. The summed E-state index contributed by atoms with van der Waals surface area (Å²) in [6.45, 7) is 5.62. The van der Waals surface area contributed by atoms with Crippen molar-refractivity contribution in [2.45, 2.75) is 20.8 Å². The Morgan fingerprint density at radius 1 is 1.12 bits per heavy atom. The molecule has 0 aliphatic rings. The number of benzene rings is 1. The second kappa shape index (κ2) is 4.45. The van der Waals surface area contributed by atoms with Crippen LogP contribution in [0.2, 0.25) is 0 Å². The van der Waals surface area contributed by atoms with E-state index in [2.05, 4.69) is 5.32 Å². The summed E-state index contributed by atoms with van der Waals surface area (Å²) in [7, 11) is 0. The van der Waals surface area contributed by atoms with Gasteiger partial charge in [0, 0.05) is 11.3 Å². The van der Waals surface area contributed by atoms with Gasteiger partial charge in [0.2, 0.25) is 0 Å². The molecule has 2 rings (SSSR count). The fraction of sp³-hybridized carbons (Fsp3) is 0.214. The summed E-state index contributed by atoms with van der Waals surface area (Å²) < 4.78 is 5.22. The van der Waals surface area contributed by atoms with Crippen LogP contribution in [0.1, 0.15) is 27.2 Å². The minimum Gasteiger partial charge on any atom is -0.469 e. The van der Waals surface area contributed by atoms with E-state index in [4.69, 9.17) is 4.42 Å². The van der Waals surface area contributed by atoms with Crippen LogP contribution >= 0.6 is 0 Å². The topological polar surface area (TPSA) is 42.2 Å². The van der Waals surface area contributed by atoms with Crippen molar-refractivity contribution in [3.05, 3.63) is 53.0 Å². The molecule has 0 aliphatic carbocycles. The van der Waals surface area contributed by atoms with Crippen molar-refractivity contribution in [2.75, 3.05) is 5.32 Å². The van der Waals surface area contributed by atoms with Crippen LogP contribution in [-0.4, -0.2) is 5.91 Å². The van der Waals surface area contributed by atoms with Gasteiger partial charge in [0.1, 0.15) is 5.76 Å². The summed E-state index contributed by atoms with van der Waals surface area (Å²) in [6, 6.07) is 7.69. The molecule has 0 bridgehead atoms. The molecular formula is C14H15NO2. The van der Waals surface area contributed by atoms with E-state index in [1.54, 1.807) is 13.2 Å². The zero-order valence-electron chi connectivity index (χ0n) is 10.2. The normalized spacial score (nSPS) is 10.3. The molecule has 3 heteroatoms. The fourth-order valence-electron chi connectivity index (χ4n) is 1.81. The monoisotopic (exact) mass is 229 g/mol. The van der Waals surface area contributed by atoms with Gasteiger partial charge in [0.05, 0.1) is 11.8 Å². The van der Waals surface area contributed by atoms with Crippen molar-refractivity contribution in [1.82, 2.24) is 0 Å². The lowest BCUT2D eigenvalue weighted by molar-refractivity contribution is 0.102. The average Bonchev–Trinajstić information content (AvgIpc) is 2.62. The first-order chi connectivity index (χ1) is 8.09.